The number of benzene rings is 3. The van der Waals surface area contributed by atoms with E-state index in [9.17, 15) is 9.59 Å². The molecule has 0 radical (unpaired) electrons. The predicted octanol–water partition coefficient (Wildman–Crippen LogP) is 5.97. The van der Waals surface area contributed by atoms with Crippen LogP contribution in [0.25, 0.3) is 16.8 Å². The predicted molar refractivity (Wildman–Crippen MR) is 143 cm³/mol. The molecule has 1 fully saturated rings. The molecule has 0 unspecified atom stereocenters. The third-order valence-corrected chi connectivity index (χ3v) is 7.26. The first kappa shape index (κ1) is 23.4. The van der Waals surface area contributed by atoms with Crippen molar-refractivity contribution in [1.29, 1.82) is 0 Å². The van der Waals surface area contributed by atoms with Crippen LogP contribution >= 0.6 is 24.0 Å². The number of carbonyl (C=O) groups is 2. The first-order valence-corrected chi connectivity index (χ1v) is 12.7. The van der Waals surface area contributed by atoms with Gasteiger partial charge in [-0.15, -0.1) is 0 Å². The van der Waals surface area contributed by atoms with E-state index in [0.29, 0.717) is 33.7 Å². The van der Waals surface area contributed by atoms with E-state index in [2.05, 4.69) is 5.32 Å². The molecule has 0 aliphatic carbocycles. The maximum Gasteiger partial charge on any atom is 0.266 e. The summed E-state index contributed by atoms with van der Waals surface area (Å²) in [6.07, 6.45) is 4.64. The Morgan fingerprint density at radius 1 is 1.00 bits per heavy atom. The Labute approximate surface area is 213 Å². The Kier molecular flexibility index (Phi) is 7.01. The minimum absolute atomic E-state index is 0.00227. The normalized spacial score (nSPS) is 15.9. The van der Waals surface area contributed by atoms with Crippen LogP contribution in [-0.4, -0.2) is 34.4 Å². The fourth-order valence-electron chi connectivity index (χ4n) is 4.07. The fourth-order valence-corrected chi connectivity index (χ4v) is 5.38. The first-order valence-electron chi connectivity index (χ1n) is 11.5. The molecule has 6 nitrogen and oxygen atoms in total. The number of carbonyl (C=O) groups excluding carboxylic acids is 2. The Hall–Kier alpha value is -3.36. The van der Waals surface area contributed by atoms with E-state index in [4.69, 9.17) is 21.7 Å². The molecule has 0 aromatic heterocycles. The van der Waals surface area contributed by atoms with Crippen molar-refractivity contribution in [3.8, 4) is 11.5 Å². The summed E-state index contributed by atoms with van der Waals surface area (Å²) in [6, 6.07) is 19.6. The number of ether oxygens (including phenoxy) is 2. The van der Waals surface area contributed by atoms with E-state index < -0.39 is 0 Å². The molecule has 0 bridgehead atoms. The fraction of sp³-hybridized carbons (Fsp3) is 0.222. The van der Waals surface area contributed by atoms with E-state index >= 15 is 0 Å². The lowest BCUT2D eigenvalue weighted by Crippen LogP contribution is -2.29. The van der Waals surface area contributed by atoms with Gasteiger partial charge in [0.15, 0.2) is 11.5 Å². The van der Waals surface area contributed by atoms with Gasteiger partial charge in [0.25, 0.3) is 5.91 Å². The van der Waals surface area contributed by atoms with Gasteiger partial charge in [0.1, 0.15) is 4.32 Å². The molecule has 1 N–H and O–H groups in total. The van der Waals surface area contributed by atoms with Crippen molar-refractivity contribution in [2.75, 3.05) is 18.7 Å². The number of thiocarbonyl (C=S) groups is 1. The number of nitrogens with zero attached hydrogens (tertiary/aromatic N) is 1. The number of hydrogen-bond acceptors (Lipinski definition) is 6. The lowest BCUT2D eigenvalue weighted by Gasteiger charge is -2.14. The average Bonchev–Trinajstić information content (AvgIpc) is 3.43. The van der Waals surface area contributed by atoms with Gasteiger partial charge in [0.05, 0.1) is 4.91 Å². The second-order valence-corrected chi connectivity index (χ2v) is 10.0. The van der Waals surface area contributed by atoms with Gasteiger partial charge in [-0.3, -0.25) is 14.5 Å². The number of unbranched alkanes of at least 4 members (excludes halogenated alkanes) is 2. The van der Waals surface area contributed by atoms with Crippen molar-refractivity contribution >= 4 is 62.7 Å². The van der Waals surface area contributed by atoms with E-state index in [1.807, 2.05) is 66.7 Å². The zero-order valence-electron chi connectivity index (χ0n) is 19.0. The van der Waals surface area contributed by atoms with Gasteiger partial charge in [-0.2, -0.15) is 0 Å². The SMILES string of the molecule is O=C(CCCCCN1C(=O)C(=Cc2ccc3c(c2)OCO3)SC1=S)Nc1ccc2ccccc2c1. The molecule has 0 atom stereocenters. The average molecular weight is 505 g/mol. The van der Waals surface area contributed by atoms with E-state index in [-0.39, 0.29) is 18.6 Å². The van der Waals surface area contributed by atoms with Crippen molar-refractivity contribution in [1.82, 2.24) is 4.90 Å². The molecule has 2 aliphatic rings. The van der Waals surface area contributed by atoms with Crippen LogP contribution in [0.4, 0.5) is 5.69 Å². The summed E-state index contributed by atoms with van der Waals surface area (Å²) in [7, 11) is 0. The molecule has 8 heteroatoms. The lowest BCUT2D eigenvalue weighted by atomic mass is 10.1. The van der Waals surface area contributed by atoms with Gasteiger partial charge in [-0.05, 0) is 59.5 Å². The van der Waals surface area contributed by atoms with Crippen molar-refractivity contribution in [3.63, 3.8) is 0 Å². The van der Waals surface area contributed by atoms with Gasteiger partial charge < -0.3 is 14.8 Å². The van der Waals surface area contributed by atoms with Crippen LogP contribution in [0.2, 0.25) is 0 Å². The number of amides is 2. The number of nitrogens with one attached hydrogen (secondary N) is 1. The highest BCUT2D eigenvalue weighted by atomic mass is 32.2. The van der Waals surface area contributed by atoms with Crippen LogP contribution < -0.4 is 14.8 Å². The minimum Gasteiger partial charge on any atom is -0.454 e. The van der Waals surface area contributed by atoms with Crippen LogP contribution in [0.15, 0.2) is 65.6 Å². The van der Waals surface area contributed by atoms with Gasteiger partial charge in [0.2, 0.25) is 12.7 Å². The third-order valence-electron chi connectivity index (χ3n) is 5.89. The van der Waals surface area contributed by atoms with Crippen molar-refractivity contribution < 1.29 is 19.1 Å². The van der Waals surface area contributed by atoms with E-state index in [1.54, 1.807) is 4.90 Å². The topological polar surface area (TPSA) is 67.9 Å². The lowest BCUT2D eigenvalue weighted by molar-refractivity contribution is -0.122. The van der Waals surface area contributed by atoms with Crippen LogP contribution in [0.3, 0.4) is 0 Å². The molecular weight excluding hydrogens is 480 g/mol. The number of anilines is 1. The Morgan fingerprint density at radius 3 is 2.71 bits per heavy atom. The molecular formula is C27H24N2O4S2. The van der Waals surface area contributed by atoms with Gasteiger partial charge >= 0.3 is 0 Å². The second-order valence-electron chi connectivity index (χ2n) is 8.37. The summed E-state index contributed by atoms with van der Waals surface area (Å²) in [5, 5.41) is 5.22. The van der Waals surface area contributed by atoms with E-state index in [0.717, 1.165) is 41.3 Å². The van der Waals surface area contributed by atoms with Crippen molar-refractivity contribution in [2.24, 2.45) is 0 Å². The van der Waals surface area contributed by atoms with Gasteiger partial charge in [-0.25, -0.2) is 0 Å². The highest BCUT2D eigenvalue weighted by Crippen LogP contribution is 2.36. The van der Waals surface area contributed by atoms with Gasteiger partial charge in [-0.1, -0.05) is 66.8 Å². The minimum atomic E-state index is -0.0771. The summed E-state index contributed by atoms with van der Waals surface area (Å²) in [6.45, 7) is 0.765. The monoisotopic (exact) mass is 504 g/mol. The van der Waals surface area contributed by atoms with Crippen LogP contribution in [-0.2, 0) is 9.59 Å². The Bertz CT molecular complexity index is 1340. The van der Waals surface area contributed by atoms with Crippen LogP contribution in [0, 0.1) is 0 Å². The van der Waals surface area contributed by atoms with E-state index in [1.165, 1.54) is 11.8 Å². The molecule has 2 amide bonds. The summed E-state index contributed by atoms with van der Waals surface area (Å²) in [5.74, 6) is 1.31. The highest BCUT2D eigenvalue weighted by Gasteiger charge is 2.31. The number of fused-ring (bicyclic) bond motifs is 2. The smallest absolute Gasteiger partial charge is 0.266 e. The van der Waals surface area contributed by atoms with Crippen LogP contribution in [0.5, 0.6) is 11.5 Å². The summed E-state index contributed by atoms with van der Waals surface area (Å²) >= 11 is 6.75. The molecule has 35 heavy (non-hydrogen) atoms. The highest BCUT2D eigenvalue weighted by molar-refractivity contribution is 8.26. The summed E-state index contributed by atoms with van der Waals surface area (Å²) in [5.41, 5.74) is 1.67. The molecule has 3 aromatic rings. The van der Waals surface area contributed by atoms with Crippen molar-refractivity contribution in [3.05, 3.63) is 71.1 Å². The quantitative estimate of drug-likeness (QED) is 0.232. The summed E-state index contributed by atoms with van der Waals surface area (Å²) < 4.78 is 11.3. The standard InChI is InChI=1S/C27H24N2O4S2/c30-25(28-21-11-10-19-6-3-4-7-20(19)16-21)8-2-1-5-13-29-26(31)24(35-27(29)34)15-18-9-12-22-23(14-18)33-17-32-22/h3-4,6-7,9-12,14-16H,1-2,5,8,13,17H2,(H,28,30). The number of thioether (sulfide) groups is 1. The Morgan fingerprint density at radius 2 is 1.83 bits per heavy atom. The molecule has 0 spiro atoms. The molecule has 2 aliphatic heterocycles. The number of hydrogen-bond donors (Lipinski definition) is 1. The van der Waals surface area contributed by atoms with Crippen molar-refractivity contribution in [2.45, 2.75) is 25.7 Å². The van der Waals surface area contributed by atoms with Crippen LogP contribution in [0.1, 0.15) is 31.2 Å². The molecule has 178 valence electrons. The number of rotatable bonds is 8. The molecule has 2 heterocycles. The maximum absolute atomic E-state index is 12.9. The third kappa shape index (κ3) is 5.49. The second kappa shape index (κ2) is 10.5. The van der Waals surface area contributed by atoms with Gasteiger partial charge in [0, 0.05) is 18.7 Å². The zero-order valence-corrected chi connectivity index (χ0v) is 20.6. The molecule has 5 rings (SSSR count). The molecule has 0 saturated carbocycles. The first-order chi connectivity index (χ1) is 17.1. The Balaban J connectivity index is 1.07. The maximum atomic E-state index is 12.9. The molecule has 3 aromatic carbocycles. The summed E-state index contributed by atoms with van der Waals surface area (Å²) in [4.78, 5) is 27.4. The largest absolute Gasteiger partial charge is 0.454 e. The zero-order chi connectivity index (χ0) is 24.2. The molecule has 1 saturated heterocycles.